The largest absolute Gasteiger partial charge is 0.444 e. The fourth-order valence-corrected chi connectivity index (χ4v) is 4.06. The van der Waals surface area contributed by atoms with Crippen LogP contribution < -0.4 is 5.56 Å². The molecule has 11 heteroatoms. The smallest absolute Gasteiger partial charge is 0.418 e. The van der Waals surface area contributed by atoms with Crippen molar-refractivity contribution in [2.24, 2.45) is 9.98 Å². The van der Waals surface area contributed by atoms with Crippen molar-refractivity contribution in [2.45, 2.75) is 57.9 Å². The molecule has 0 aromatic carbocycles. The molecule has 2 aromatic heterocycles. The molecule has 2 aromatic rings. The monoisotopic (exact) mass is 491 g/mol. The highest BCUT2D eigenvalue weighted by molar-refractivity contribution is 5.68. The lowest BCUT2D eigenvalue weighted by molar-refractivity contribution is -0.138. The second kappa shape index (κ2) is 10.0. The summed E-state index contributed by atoms with van der Waals surface area (Å²) in [7, 11) is 0. The summed E-state index contributed by atoms with van der Waals surface area (Å²) in [5, 5.41) is 0. The number of hydrogen-bond acceptors (Lipinski definition) is 6. The van der Waals surface area contributed by atoms with Crippen molar-refractivity contribution in [1.82, 2.24) is 14.5 Å². The number of halogens is 3. The number of carbonyl (C=O) groups excluding carboxylic acids is 1. The van der Waals surface area contributed by atoms with E-state index in [0.29, 0.717) is 31.5 Å². The molecule has 3 heterocycles. The first-order valence-electron chi connectivity index (χ1n) is 11.1. The molecule has 0 aliphatic carbocycles. The minimum atomic E-state index is -4.64. The van der Waals surface area contributed by atoms with Crippen LogP contribution in [0.2, 0.25) is 0 Å². The fraction of sp³-hybridized carbons (Fsp3) is 0.458. The number of piperidine rings is 1. The molecule has 3 rings (SSSR count). The number of nitrogens with zero attached hydrogens (tertiary/aromatic N) is 5. The lowest BCUT2D eigenvalue weighted by atomic mass is 9.90. The van der Waals surface area contributed by atoms with Gasteiger partial charge in [-0.3, -0.25) is 19.3 Å². The van der Waals surface area contributed by atoms with Crippen LogP contribution in [-0.2, 0) is 17.5 Å². The van der Waals surface area contributed by atoms with Gasteiger partial charge in [0, 0.05) is 24.8 Å². The van der Waals surface area contributed by atoms with E-state index >= 15 is 0 Å². The lowest BCUT2D eigenvalue weighted by Crippen LogP contribution is -2.42. The maximum absolute atomic E-state index is 13.5. The zero-order chi connectivity index (χ0) is 26.0. The molecule has 1 aliphatic heterocycles. The molecular formula is C24H28F3N5O3. The molecule has 0 N–H and O–H groups in total. The number of alkyl halides is 3. The Morgan fingerprint density at radius 3 is 2.40 bits per heavy atom. The van der Waals surface area contributed by atoms with Crippen molar-refractivity contribution >= 4 is 31.0 Å². The number of aliphatic imine (C=N–C) groups is 2. The number of aromatic nitrogens is 2. The van der Waals surface area contributed by atoms with Gasteiger partial charge in [0.05, 0.1) is 17.8 Å². The van der Waals surface area contributed by atoms with Crippen LogP contribution >= 0.6 is 0 Å². The molecule has 0 bridgehead atoms. The van der Waals surface area contributed by atoms with E-state index in [1.807, 2.05) is 0 Å². The topological polar surface area (TPSA) is 89.2 Å². The van der Waals surface area contributed by atoms with E-state index in [4.69, 9.17) is 4.74 Å². The number of ether oxygens (including phenoxy) is 1. The van der Waals surface area contributed by atoms with E-state index in [1.165, 1.54) is 12.3 Å². The van der Waals surface area contributed by atoms with Crippen molar-refractivity contribution in [1.29, 1.82) is 0 Å². The van der Waals surface area contributed by atoms with Gasteiger partial charge in [-0.1, -0.05) is 0 Å². The molecule has 1 amide bonds. The Morgan fingerprint density at radius 1 is 1.20 bits per heavy atom. The fourth-order valence-electron chi connectivity index (χ4n) is 4.06. The van der Waals surface area contributed by atoms with E-state index in [0.717, 1.165) is 10.6 Å². The quantitative estimate of drug-likeness (QED) is 0.545. The van der Waals surface area contributed by atoms with Gasteiger partial charge in [-0.05, 0) is 71.2 Å². The van der Waals surface area contributed by atoms with Gasteiger partial charge in [0.1, 0.15) is 11.3 Å². The SMILES string of the molecule is C=Nc1cc(C2CCN(C(=O)OC(C)(C)C)CC2)c(=O)n(Cc2ncccc2C(F)(F)F)c1N=C. The first kappa shape index (κ1) is 26.1. The molecule has 0 saturated carbocycles. The summed E-state index contributed by atoms with van der Waals surface area (Å²) in [6, 6.07) is 3.65. The summed E-state index contributed by atoms with van der Waals surface area (Å²) < 4.78 is 47.1. The predicted octanol–water partition coefficient (Wildman–Crippen LogP) is 5.09. The molecular weight excluding hydrogens is 463 g/mol. The van der Waals surface area contributed by atoms with Crippen LogP contribution in [0.4, 0.5) is 29.5 Å². The maximum Gasteiger partial charge on any atom is 0.418 e. The normalized spacial score (nSPS) is 15.1. The lowest BCUT2D eigenvalue weighted by Gasteiger charge is -2.33. The highest BCUT2D eigenvalue weighted by Gasteiger charge is 2.35. The maximum atomic E-state index is 13.5. The van der Waals surface area contributed by atoms with Gasteiger partial charge >= 0.3 is 12.3 Å². The number of rotatable bonds is 5. The summed E-state index contributed by atoms with van der Waals surface area (Å²) in [6.07, 6.45) is -2.88. The molecule has 35 heavy (non-hydrogen) atoms. The van der Waals surface area contributed by atoms with Crippen LogP contribution in [0.25, 0.3) is 0 Å². The summed E-state index contributed by atoms with van der Waals surface area (Å²) in [4.78, 5) is 39.1. The minimum Gasteiger partial charge on any atom is -0.444 e. The van der Waals surface area contributed by atoms with Crippen LogP contribution in [0.1, 0.15) is 56.4 Å². The van der Waals surface area contributed by atoms with Crippen LogP contribution in [-0.4, -0.2) is 52.7 Å². The van der Waals surface area contributed by atoms with Gasteiger partial charge in [-0.15, -0.1) is 0 Å². The second-order valence-corrected chi connectivity index (χ2v) is 9.25. The Hall–Kier alpha value is -3.50. The predicted molar refractivity (Wildman–Crippen MR) is 127 cm³/mol. The van der Waals surface area contributed by atoms with Crippen LogP contribution in [0.15, 0.2) is 39.2 Å². The average molecular weight is 492 g/mol. The molecule has 0 unspecified atom stereocenters. The highest BCUT2D eigenvalue weighted by atomic mass is 19.4. The third kappa shape index (κ3) is 5.95. The van der Waals surface area contributed by atoms with E-state index in [2.05, 4.69) is 28.4 Å². The number of likely N-dealkylation sites (tertiary alicyclic amines) is 1. The first-order valence-corrected chi connectivity index (χ1v) is 11.1. The van der Waals surface area contributed by atoms with Gasteiger partial charge in [-0.2, -0.15) is 13.2 Å². The zero-order valence-corrected chi connectivity index (χ0v) is 19.9. The van der Waals surface area contributed by atoms with Gasteiger partial charge < -0.3 is 9.64 Å². The molecule has 0 spiro atoms. The van der Waals surface area contributed by atoms with E-state index < -0.39 is 35.5 Å². The Kier molecular flexibility index (Phi) is 7.47. The van der Waals surface area contributed by atoms with Crippen molar-refractivity contribution < 1.29 is 22.7 Å². The minimum absolute atomic E-state index is 0.0127. The highest BCUT2D eigenvalue weighted by Crippen LogP contribution is 2.35. The second-order valence-electron chi connectivity index (χ2n) is 9.25. The standard InChI is InChI=1S/C24H28F3N5O3/c1-23(2,3)35-22(34)31-11-8-15(9-12-31)16-13-18(28-4)20(29-5)32(21(16)33)14-19-17(24(25,26)27)7-6-10-30-19/h6-7,10,13,15H,4-5,8-9,11-12,14H2,1-3H3. The molecule has 1 saturated heterocycles. The average Bonchev–Trinajstić information content (AvgIpc) is 2.79. The Morgan fingerprint density at radius 2 is 1.86 bits per heavy atom. The van der Waals surface area contributed by atoms with E-state index in [1.54, 1.807) is 31.7 Å². The summed E-state index contributed by atoms with van der Waals surface area (Å²) in [6.45, 7) is 12.6. The van der Waals surface area contributed by atoms with E-state index in [9.17, 15) is 22.8 Å². The Labute approximate surface area is 201 Å². The van der Waals surface area contributed by atoms with Crippen molar-refractivity contribution in [3.05, 3.63) is 51.6 Å². The summed E-state index contributed by atoms with van der Waals surface area (Å²) >= 11 is 0. The number of pyridine rings is 2. The first-order chi connectivity index (χ1) is 16.4. The summed E-state index contributed by atoms with van der Waals surface area (Å²) in [5.41, 5.74) is -1.79. The van der Waals surface area contributed by atoms with Gasteiger partial charge in [-0.25, -0.2) is 9.79 Å². The third-order valence-electron chi connectivity index (χ3n) is 5.68. The molecule has 8 nitrogen and oxygen atoms in total. The van der Waals surface area contributed by atoms with Crippen LogP contribution in [0.5, 0.6) is 0 Å². The van der Waals surface area contributed by atoms with Gasteiger partial charge in [0.25, 0.3) is 5.56 Å². The molecule has 1 aliphatic rings. The Bertz CT molecular complexity index is 1180. The number of amides is 1. The van der Waals surface area contributed by atoms with Gasteiger partial charge in [0.15, 0.2) is 5.82 Å². The van der Waals surface area contributed by atoms with Crippen molar-refractivity contribution in [3.63, 3.8) is 0 Å². The third-order valence-corrected chi connectivity index (χ3v) is 5.68. The van der Waals surface area contributed by atoms with Crippen molar-refractivity contribution in [2.75, 3.05) is 13.1 Å². The van der Waals surface area contributed by atoms with Crippen LogP contribution in [0.3, 0.4) is 0 Å². The zero-order valence-electron chi connectivity index (χ0n) is 19.9. The van der Waals surface area contributed by atoms with Crippen molar-refractivity contribution in [3.8, 4) is 0 Å². The van der Waals surface area contributed by atoms with Crippen LogP contribution in [0, 0.1) is 0 Å². The summed E-state index contributed by atoms with van der Waals surface area (Å²) in [5.74, 6) is -0.226. The molecule has 188 valence electrons. The number of carbonyl (C=O) groups is 1. The molecule has 0 atom stereocenters. The molecule has 1 fully saturated rings. The Balaban J connectivity index is 1.96. The number of hydrogen-bond donors (Lipinski definition) is 0. The molecule has 0 radical (unpaired) electrons. The van der Waals surface area contributed by atoms with E-state index in [-0.39, 0.29) is 23.1 Å². The van der Waals surface area contributed by atoms with Gasteiger partial charge in [0.2, 0.25) is 0 Å².